The molecule has 1 N–H and O–H groups in total. The highest BCUT2D eigenvalue weighted by Gasteiger charge is 2.47. The van der Waals surface area contributed by atoms with Gasteiger partial charge in [-0.1, -0.05) is 29.8 Å². The maximum absolute atomic E-state index is 12.6. The van der Waals surface area contributed by atoms with Gasteiger partial charge in [0.1, 0.15) is 22.9 Å². The van der Waals surface area contributed by atoms with Gasteiger partial charge < -0.3 is 29.2 Å². The third kappa shape index (κ3) is 5.06. The van der Waals surface area contributed by atoms with E-state index < -0.39 is 0 Å². The lowest BCUT2D eigenvalue weighted by Gasteiger charge is -2.36. The van der Waals surface area contributed by atoms with E-state index in [0.717, 1.165) is 36.0 Å². The minimum atomic E-state index is -0.308. The van der Waals surface area contributed by atoms with Crippen LogP contribution in [0, 0.1) is 0 Å². The van der Waals surface area contributed by atoms with Gasteiger partial charge in [0.15, 0.2) is 0 Å². The summed E-state index contributed by atoms with van der Waals surface area (Å²) in [7, 11) is 4.70. The lowest BCUT2D eigenvalue weighted by atomic mass is 10.0. The molecule has 3 aromatic heterocycles. The highest BCUT2D eigenvalue weighted by Crippen LogP contribution is 2.48. The lowest BCUT2D eigenvalue weighted by Crippen LogP contribution is -2.44. The number of hydrogen-bond acceptors (Lipinski definition) is 8. The fourth-order valence-electron chi connectivity index (χ4n) is 6.12. The van der Waals surface area contributed by atoms with Crippen LogP contribution in [0.2, 0.25) is 10.0 Å². The number of carbonyl (C=O) groups excluding carboxylic acids is 1. The molecule has 0 bridgehead atoms. The summed E-state index contributed by atoms with van der Waals surface area (Å²) < 4.78 is 24.9. The van der Waals surface area contributed by atoms with E-state index in [4.69, 9.17) is 47.1 Å². The highest BCUT2D eigenvalue weighted by molar-refractivity contribution is 6.41. The van der Waals surface area contributed by atoms with Gasteiger partial charge in [-0.3, -0.25) is 14.2 Å². The third-order valence-corrected chi connectivity index (χ3v) is 9.38. The average Bonchev–Trinajstić information content (AvgIpc) is 3.61. The van der Waals surface area contributed by atoms with Gasteiger partial charge >= 0.3 is 0 Å². The molecule has 10 nitrogen and oxygen atoms in total. The Hall–Kier alpha value is -4.51. The molecule has 7 rings (SSSR count). The number of rotatable bonds is 8. The van der Waals surface area contributed by atoms with Gasteiger partial charge in [-0.2, -0.15) is 0 Å². The fourth-order valence-corrected chi connectivity index (χ4v) is 6.83. The van der Waals surface area contributed by atoms with Crippen LogP contribution in [0.4, 0.5) is 11.4 Å². The molecule has 4 heterocycles. The van der Waals surface area contributed by atoms with Crippen molar-refractivity contribution in [1.29, 1.82) is 0 Å². The van der Waals surface area contributed by atoms with E-state index in [-0.39, 0.29) is 11.5 Å². The first kappa shape index (κ1) is 30.2. The molecule has 46 heavy (non-hydrogen) atoms. The Labute approximate surface area is 275 Å². The van der Waals surface area contributed by atoms with E-state index in [1.165, 1.54) is 20.3 Å². The molecular formula is C34H31Cl2N5O5. The molecule has 5 aromatic rings. The van der Waals surface area contributed by atoms with Crippen molar-refractivity contribution in [1.82, 2.24) is 14.4 Å². The van der Waals surface area contributed by atoms with Crippen molar-refractivity contribution in [2.75, 3.05) is 51.2 Å². The van der Waals surface area contributed by atoms with E-state index in [2.05, 4.69) is 21.8 Å². The van der Waals surface area contributed by atoms with Crippen molar-refractivity contribution < 1.29 is 23.7 Å². The first-order valence-corrected chi connectivity index (χ1v) is 15.5. The van der Waals surface area contributed by atoms with Gasteiger partial charge in [0, 0.05) is 65.9 Å². The number of benzene rings is 2. The SMILES string of the molecule is C=CC(=O)Nc1cc(-c2cc3c(cn2)cc(-c2c(Cl)c(OC)cc(OC)c2Cl)c2nccn23)c(OC)cc1N1CCOC2(CC2)C1. The van der Waals surface area contributed by atoms with Gasteiger partial charge in [0.2, 0.25) is 5.91 Å². The van der Waals surface area contributed by atoms with Crippen molar-refractivity contribution in [2.24, 2.45) is 0 Å². The van der Waals surface area contributed by atoms with Crippen molar-refractivity contribution in [3.8, 4) is 39.6 Å². The normalized spacial score (nSPS) is 15.3. The number of morpholine rings is 1. The van der Waals surface area contributed by atoms with Gasteiger partial charge in [0.05, 0.1) is 66.2 Å². The number of ether oxygens (including phenoxy) is 4. The van der Waals surface area contributed by atoms with Crippen LogP contribution in [-0.2, 0) is 9.53 Å². The molecule has 2 aliphatic rings. The van der Waals surface area contributed by atoms with Crippen LogP contribution >= 0.6 is 23.2 Å². The number of amides is 1. The summed E-state index contributed by atoms with van der Waals surface area (Å²) in [6.07, 6.45) is 8.68. The molecule has 1 amide bonds. The zero-order valence-corrected chi connectivity index (χ0v) is 27.0. The minimum Gasteiger partial charge on any atom is -0.496 e. The number of carbonyl (C=O) groups is 1. The summed E-state index contributed by atoms with van der Waals surface area (Å²) in [5, 5.41) is 4.50. The Morgan fingerprint density at radius 2 is 1.74 bits per heavy atom. The number of aromatic nitrogens is 3. The number of fused-ring (bicyclic) bond motifs is 3. The largest absolute Gasteiger partial charge is 0.496 e. The van der Waals surface area contributed by atoms with Crippen LogP contribution in [0.15, 0.2) is 61.6 Å². The number of hydrogen-bond donors (Lipinski definition) is 1. The smallest absolute Gasteiger partial charge is 0.247 e. The van der Waals surface area contributed by atoms with E-state index in [9.17, 15) is 4.79 Å². The van der Waals surface area contributed by atoms with E-state index in [1.54, 1.807) is 25.6 Å². The lowest BCUT2D eigenvalue weighted by molar-refractivity contribution is -0.111. The molecular weight excluding hydrogens is 629 g/mol. The monoisotopic (exact) mass is 659 g/mol. The van der Waals surface area contributed by atoms with Crippen LogP contribution in [0.5, 0.6) is 17.2 Å². The molecule has 1 saturated carbocycles. The first-order chi connectivity index (χ1) is 22.3. The number of imidazole rings is 1. The minimum absolute atomic E-state index is 0.108. The summed E-state index contributed by atoms with van der Waals surface area (Å²) in [5.41, 5.74) is 5.45. The first-order valence-electron chi connectivity index (χ1n) is 14.7. The summed E-state index contributed by atoms with van der Waals surface area (Å²) in [4.78, 5) is 24.3. The average molecular weight is 661 g/mol. The Bertz CT molecular complexity index is 2010. The number of nitrogens with one attached hydrogen (secondary N) is 1. The summed E-state index contributed by atoms with van der Waals surface area (Å²) >= 11 is 13.6. The van der Waals surface area contributed by atoms with E-state index in [0.29, 0.717) is 74.2 Å². The van der Waals surface area contributed by atoms with Crippen molar-refractivity contribution in [3.05, 3.63) is 71.6 Å². The molecule has 2 fully saturated rings. The van der Waals surface area contributed by atoms with Crippen LogP contribution < -0.4 is 24.4 Å². The van der Waals surface area contributed by atoms with Crippen molar-refractivity contribution >= 4 is 57.0 Å². The van der Waals surface area contributed by atoms with Gasteiger partial charge in [0.25, 0.3) is 0 Å². The maximum Gasteiger partial charge on any atom is 0.247 e. The standard InChI is InChI=1S/C34H31Cl2N5O5/c1-5-29(42)39-23-13-20(26(43-2)15-25(23)40-10-11-46-34(18-40)6-7-34)22-14-24-19(17-38-22)12-21(33-37-8-9-41(24)33)30-31(35)27(44-3)16-28(45-4)32(30)36/h5,8-9,12-17H,1,6-7,10-11,18H2,2-4H3,(H,39,42). The molecule has 1 aliphatic heterocycles. The Morgan fingerprint density at radius 3 is 2.41 bits per heavy atom. The van der Waals surface area contributed by atoms with E-state index >= 15 is 0 Å². The molecule has 0 atom stereocenters. The second kappa shape index (κ2) is 11.7. The molecule has 1 aliphatic carbocycles. The Kier molecular flexibility index (Phi) is 7.67. The number of methoxy groups -OCH3 is 3. The molecule has 0 unspecified atom stereocenters. The topological polar surface area (TPSA) is 99.5 Å². The van der Waals surface area contributed by atoms with E-state index in [1.807, 2.05) is 34.9 Å². The molecule has 236 valence electrons. The number of pyridine rings is 2. The molecule has 12 heteroatoms. The van der Waals surface area contributed by atoms with Gasteiger partial charge in [-0.25, -0.2) is 4.98 Å². The molecule has 1 saturated heterocycles. The van der Waals surface area contributed by atoms with Crippen molar-refractivity contribution in [2.45, 2.75) is 18.4 Å². The van der Waals surface area contributed by atoms with Crippen LogP contribution in [0.3, 0.4) is 0 Å². The zero-order chi connectivity index (χ0) is 32.2. The third-order valence-electron chi connectivity index (χ3n) is 8.63. The quantitative estimate of drug-likeness (QED) is 0.177. The van der Waals surface area contributed by atoms with Crippen molar-refractivity contribution in [3.63, 3.8) is 0 Å². The predicted octanol–water partition coefficient (Wildman–Crippen LogP) is 7.04. The zero-order valence-electron chi connectivity index (χ0n) is 25.5. The number of anilines is 2. The highest BCUT2D eigenvalue weighted by atomic mass is 35.5. The summed E-state index contributed by atoms with van der Waals surface area (Å²) in [6, 6.07) is 9.42. The fraction of sp³-hybridized carbons (Fsp3) is 0.265. The van der Waals surface area contributed by atoms with Gasteiger partial charge in [-0.15, -0.1) is 0 Å². The molecule has 1 spiro atoms. The molecule has 2 aromatic carbocycles. The predicted molar refractivity (Wildman–Crippen MR) is 180 cm³/mol. The Balaban J connectivity index is 1.38. The van der Waals surface area contributed by atoms with Crippen LogP contribution in [-0.4, -0.2) is 66.9 Å². The van der Waals surface area contributed by atoms with Crippen LogP contribution in [0.1, 0.15) is 12.8 Å². The van der Waals surface area contributed by atoms with Gasteiger partial charge in [-0.05, 0) is 37.1 Å². The Morgan fingerprint density at radius 1 is 1.00 bits per heavy atom. The second-order valence-electron chi connectivity index (χ2n) is 11.3. The molecule has 0 radical (unpaired) electrons. The number of nitrogens with zero attached hydrogens (tertiary/aromatic N) is 4. The summed E-state index contributed by atoms with van der Waals surface area (Å²) in [6.45, 7) is 5.70. The summed E-state index contributed by atoms with van der Waals surface area (Å²) in [5.74, 6) is 1.17. The maximum atomic E-state index is 12.6. The second-order valence-corrected chi connectivity index (χ2v) is 12.1. The van der Waals surface area contributed by atoms with Crippen LogP contribution in [0.25, 0.3) is 38.9 Å². The number of halogens is 2.